The molecule has 0 aromatic rings. The van der Waals surface area contributed by atoms with Crippen LogP contribution in [-0.2, 0) is 19.2 Å². The minimum Gasteiger partial charge on any atom is -0.481 e. The molecule has 0 heterocycles. The summed E-state index contributed by atoms with van der Waals surface area (Å²) in [5, 5.41) is 22.2. The molecule has 0 saturated heterocycles. The van der Waals surface area contributed by atoms with Crippen molar-refractivity contribution in [1.29, 1.82) is 0 Å². The summed E-state index contributed by atoms with van der Waals surface area (Å²) in [7, 11) is 0. The molecule has 122 valence electrons. The summed E-state index contributed by atoms with van der Waals surface area (Å²) in [4.78, 5) is 36.2. The average molecular weight is 299 g/mol. The Morgan fingerprint density at radius 1 is 0.700 bits per heavy atom. The number of amides is 1. The number of rotatable bonds is 1. The molecule has 0 aliphatic carbocycles. The second-order valence-corrected chi connectivity index (χ2v) is 2.75. The molecular weight excluding hydrogens is 274 g/mol. The van der Waals surface area contributed by atoms with Crippen molar-refractivity contribution in [2.75, 3.05) is 13.1 Å². The summed E-state index contributed by atoms with van der Waals surface area (Å²) >= 11 is 0. The molecule has 0 bridgehead atoms. The first kappa shape index (κ1) is 30.7. The fourth-order valence-electron chi connectivity index (χ4n) is 0. The molecule has 0 aliphatic rings. The average Bonchev–Trinajstić information content (AvgIpc) is 2.13. The van der Waals surface area contributed by atoms with Crippen LogP contribution in [0, 0.1) is 0 Å². The van der Waals surface area contributed by atoms with E-state index in [1.165, 1.54) is 6.92 Å². The maximum Gasteiger partial charge on any atom is 0.300 e. The van der Waals surface area contributed by atoms with Gasteiger partial charge in [0.05, 0.1) is 0 Å². The first-order valence-corrected chi connectivity index (χ1v) is 5.09. The smallest absolute Gasteiger partial charge is 0.300 e. The molecule has 0 fully saturated rings. The van der Waals surface area contributed by atoms with Crippen LogP contribution in [0.15, 0.2) is 0 Å². The second-order valence-electron chi connectivity index (χ2n) is 2.75. The number of hydrogen-bond donors (Lipinski definition) is 6. The van der Waals surface area contributed by atoms with Gasteiger partial charge in [-0.3, -0.25) is 19.2 Å². The Hall–Kier alpha value is -2.20. The van der Waals surface area contributed by atoms with E-state index in [1.807, 2.05) is 0 Å². The molecule has 10 heteroatoms. The van der Waals surface area contributed by atoms with Gasteiger partial charge >= 0.3 is 0 Å². The predicted octanol–water partition coefficient (Wildman–Crippen LogP) is -1.33. The van der Waals surface area contributed by atoms with Crippen molar-refractivity contribution in [3.8, 4) is 0 Å². The quantitative estimate of drug-likeness (QED) is 0.338. The van der Waals surface area contributed by atoms with Crippen LogP contribution in [0.4, 0.5) is 0 Å². The van der Waals surface area contributed by atoms with E-state index >= 15 is 0 Å². The zero-order valence-electron chi connectivity index (χ0n) is 12.1. The highest BCUT2D eigenvalue weighted by atomic mass is 16.4. The monoisotopic (exact) mass is 299 g/mol. The van der Waals surface area contributed by atoms with Crippen LogP contribution in [0.25, 0.3) is 0 Å². The largest absolute Gasteiger partial charge is 0.481 e. The van der Waals surface area contributed by atoms with Gasteiger partial charge in [0, 0.05) is 40.8 Å². The molecule has 0 unspecified atom stereocenters. The highest BCUT2D eigenvalue weighted by Crippen LogP contribution is 1.42. The molecule has 0 aliphatic heterocycles. The fraction of sp³-hybridized carbons (Fsp3) is 0.600. The highest BCUT2D eigenvalue weighted by Gasteiger charge is 1.66. The first-order chi connectivity index (χ1) is 8.84. The summed E-state index contributed by atoms with van der Waals surface area (Å²) in [6.45, 7) is 5.75. The molecule has 0 atom stereocenters. The standard InChI is InChI=1S/C2H8N2.C2H5NO.3C2H4O2/c3-1-2-4;4*1-2(3)4/h1-4H2;1H3,(H2,3,4);3*1H3,(H,3,4). The maximum absolute atomic E-state index is 9.22. The number of carbonyl (C=O) groups is 4. The molecule has 0 saturated carbocycles. The Balaban J connectivity index is -0.0000000469. The molecule has 0 spiro atoms. The fourth-order valence-corrected chi connectivity index (χ4v) is 0. The van der Waals surface area contributed by atoms with Crippen LogP contribution in [0.1, 0.15) is 27.7 Å². The number of carboxylic acids is 3. The van der Waals surface area contributed by atoms with Crippen molar-refractivity contribution in [3.05, 3.63) is 0 Å². The Bertz CT molecular complexity index is 191. The van der Waals surface area contributed by atoms with Crippen molar-refractivity contribution in [3.63, 3.8) is 0 Å². The van der Waals surface area contributed by atoms with Gasteiger partial charge in [0.25, 0.3) is 17.9 Å². The minimum atomic E-state index is -0.833. The summed E-state index contributed by atoms with van der Waals surface area (Å²) in [6.07, 6.45) is 0. The number of hydrogen-bond acceptors (Lipinski definition) is 6. The molecule has 20 heavy (non-hydrogen) atoms. The van der Waals surface area contributed by atoms with E-state index in [4.69, 9.17) is 41.2 Å². The van der Waals surface area contributed by atoms with Crippen molar-refractivity contribution in [2.45, 2.75) is 27.7 Å². The van der Waals surface area contributed by atoms with Crippen molar-refractivity contribution in [2.24, 2.45) is 17.2 Å². The maximum atomic E-state index is 9.22. The second kappa shape index (κ2) is 30.1. The van der Waals surface area contributed by atoms with Crippen molar-refractivity contribution >= 4 is 23.8 Å². The van der Waals surface area contributed by atoms with Gasteiger partial charge in [0.1, 0.15) is 0 Å². The van der Waals surface area contributed by atoms with E-state index in [9.17, 15) is 4.79 Å². The van der Waals surface area contributed by atoms with Gasteiger partial charge in [-0.15, -0.1) is 0 Å². The van der Waals surface area contributed by atoms with E-state index in [1.54, 1.807) is 0 Å². The summed E-state index contributed by atoms with van der Waals surface area (Å²) in [5.74, 6) is -2.83. The summed E-state index contributed by atoms with van der Waals surface area (Å²) < 4.78 is 0. The summed E-state index contributed by atoms with van der Waals surface area (Å²) in [5.41, 5.74) is 14.3. The van der Waals surface area contributed by atoms with E-state index in [2.05, 4.69) is 5.73 Å². The van der Waals surface area contributed by atoms with Crippen LogP contribution < -0.4 is 17.2 Å². The Labute approximate surface area is 117 Å². The third-order valence-electron chi connectivity index (χ3n) is 0.167. The van der Waals surface area contributed by atoms with Crippen LogP contribution in [0.5, 0.6) is 0 Å². The van der Waals surface area contributed by atoms with E-state index in [0.717, 1.165) is 20.8 Å². The number of carboxylic acid groups (broad SMARTS) is 3. The van der Waals surface area contributed by atoms with Crippen LogP contribution in [0.2, 0.25) is 0 Å². The predicted molar refractivity (Wildman–Crippen MR) is 72.9 cm³/mol. The minimum absolute atomic E-state index is 0.333. The molecule has 10 nitrogen and oxygen atoms in total. The van der Waals surface area contributed by atoms with Gasteiger partial charge in [0.15, 0.2) is 0 Å². The van der Waals surface area contributed by atoms with E-state index in [-0.39, 0.29) is 5.91 Å². The van der Waals surface area contributed by atoms with Gasteiger partial charge in [-0.25, -0.2) is 0 Å². The molecule has 0 aromatic heterocycles. The lowest BCUT2D eigenvalue weighted by Gasteiger charge is -1.72. The number of primary amides is 1. The van der Waals surface area contributed by atoms with Gasteiger partial charge < -0.3 is 32.5 Å². The number of nitrogens with two attached hydrogens (primary N) is 3. The first-order valence-electron chi connectivity index (χ1n) is 5.09. The normalized spacial score (nSPS) is 6.50. The SMILES string of the molecule is CC(=O)O.CC(=O)O.CC(=O)O.CC(N)=O.NCCN. The zero-order chi connectivity index (χ0) is 17.7. The number of aliphatic carboxylic acids is 3. The van der Waals surface area contributed by atoms with Gasteiger partial charge in [-0.1, -0.05) is 0 Å². The van der Waals surface area contributed by atoms with Crippen molar-refractivity contribution < 1.29 is 34.5 Å². The lowest BCUT2D eigenvalue weighted by Crippen LogP contribution is -2.11. The lowest BCUT2D eigenvalue weighted by atomic mass is 10.7. The van der Waals surface area contributed by atoms with E-state index in [0.29, 0.717) is 13.1 Å². The molecule has 0 radical (unpaired) electrons. The van der Waals surface area contributed by atoms with Gasteiger partial charge in [-0.2, -0.15) is 0 Å². The summed E-state index contributed by atoms with van der Waals surface area (Å²) in [6, 6.07) is 0. The third kappa shape index (κ3) is 2400. The molecular formula is C10H25N3O7. The van der Waals surface area contributed by atoms with Crippen LogP contribution in [0.3, 0.4) is 0 Å². The van der Waals surface area contributed by atoms with Crippen molar-refractivity contribution in [1.82, 2.24) is 0 Å². The topological polar surface area (TPSA) is 207 Å². The Morgan fingerprint density at radius 3 is 0.750 bits per heavy atom. The Morgan fingerprint density at radius 2 is 0.750 bits per heavy atom. The zero-order valence-corrected chi connectivity index (χ0v) is 12.1. The highest BCUT2D eigenvalue weighted by molar-refractivity contribution is 5.70. The van der Waals surface area contributed by atoms with Gasteiger partial charge in [0.2, 0.25) is 5.91 Å². The number of carbonyl (C=O) groups excluding carboxylic acids is 1. The molecule has 0 aromatic carbocycles. The molecule has 0 rings (SSSR count). The lowest BCUT2D eigenvalue weighted by molar-refractivity contribution is -0.135. The van der Waals surface area contributed by atoms with Crippen LogP contribution in [-0.4, -0.2) is 52.2 Å². The third-order valence-corrected chi connectivity index (χ3v) is 0.167. The van der Waals surface area contributed by atoms with Gasteiger partial charge in [-0.05, 0) is 0 Å². The molecule has 1 amide bonds. The molecule has 9 N–H and O–H groups in total. The van der Waals surface area contributed by atoms with E-state index < -0.39 is 17.9 Å². The Kier molecular flexibility index (Phi) is 46.2. The van der Waals surface area contributed by atoms with Crippen LogP contribution >= 0.6 is 0 Å².